The fourth-order valence-corrected chi connectivity index (χ4v) is 3.26. The van der Waals surface area contributed by atoms with E-state index >= 15 is 0 Å². The summed E-state index contributed by atoms with van der Waals surface area (Å²) >= 11 is 0. The topological polar surface area (TPSA) is 69.6 Å². The number of piperidine rings is 1. The maximum Gasteiger partial charge on any atom is 0.242 e. The van der Waals surface area contributed by atoms with E-state index < -0.39 is 6.10 Å². The summed E-state index contributed by atoms with van der Waals surface area (Å²) in [6.07, 6.45) is 6.05. The molecule has 0 spiro atoms. The summed E-state index contributed by atoms with van der Waals surface area (Å²) in [5, 5.41) is 10.5. The normalized spacial score (nSPS) is 16.5. The molecule has 1 saturated heterocycles. The molecule has 3 rings (SSSR count). The predicted octanol–water partition coefficient (Wildman–Crippen LogP) is 1.88. The number of anilines is 1. The average molecular weight is 340 g/mol. The van der Waals surface area contributed by atoms with Crippen molar-refractivity contribution in [1.29, 1.82) is 0 Å². The lowest BCUT2D eigenvalue weighted by Crippen LogP contribution is -2.44. The number of benzene rings is 1. The molecule has 0 saturated carbocycles. The third-order valence-electron chi connectivity index (χ3n) is 4.79. The summed E-state index contributed by atoms with van der Waals surface area (Å²) in [4.78, 5) is 24.4. The van der Waals surface area contributed by atoms with Gasteiger partial charge in [0.25, 0.3) is 0 Å². The maximum absolute atomic E-state index is 12.5. The number of aromatic nitrogens is 2. The van der Waals surface area contributed by atoms with Crippen LogP contribution in [-0.4, -0.2) is 52.6 Å². The monoisotopic (exact) mass is 340 g/mol. The second-order valence-electron chi connectivity index (χ2n) is 6.49. The Labute approximate surface area is 148 Å². The lowest BCUT2D eigenvalue weighted by molar-refractivity contribution is -0.131. The molecule has 1 fully saturated rings. The highest BCUT2D eigenvalue weighted by Gasteiger charge is 2.28. The first kappa shape index (κ1) is 17.4. The van der Waals surface area contributed by atoms with Gasteiger partial charge in [0.05, 0.1) is 18.8 Å². The Hall–Kier alpha value is -2.47. The molecule has 132 valence electrons. The quantitative estimate of drug-likeness (QED) is 0.900. The van der Waals surface area contributed by atoms with Crippen molar-refractivity contribution in [2.45, 2.75) is 18.9 Å². The van der Waals surface area contributed by atoms with E-state index in [2.05, 4.69) is 9.97 Å². The highest BCUT2D eigenvalue weighted by molar-refractivity contribution is 5.81. The first-order chi connectivity index (χ1) is 12.1. The van der Waals surface area contributed by atoms with E-state index in [0.717, 1.165) is 18.4 Å². The molecule has 2 heterocycles. The van der Waals surface area contributed by atoms with Crippen LogP contribution in [0.1, 0.15) is 24.5 Å². The third kappa shape index (κ3) is 4.33. The third-order valence-corrected chi connectivity index (χ3v) is 4.79. The van der Waals surface area contributed by atoms with Crippen LogP contribution in [0.25, 0.3) is 0 Å². The van der Waals surface area contributed by atoms with Crippen molar-refractivity contribution < 1.29 is 9.90 Å². The summed E-state index contributed by atoms with van der Waals surface area (Å²) in [5.74, 6) is 0.968. The van der Waals surface area contributed by atoms with Crippen molar-refractivity contribution in [3.05, 3.63) is 54.5 Å². The Morgan fingerprint density at radius 2 is 2.00 bits per heavy atom. The second-order valence-corrected chi connectivity index (χ2v) is 6.49. The first-order valence-electron chi connectivity index (χ1n) is 8.63. The van der Waals surface area contributed by atoms with E-state index in [0.29, 0.717) is 18.9 Å². The Balaban J connectivity index is 1.51. The standard InChI is InChI=1S/C19H24N4O2/c1-22(17-13-20-9-10-21-17)14-18(24)23-11-7-16(8-12-23)19(25)15-5-3-2-4-6-15/h2-6,9-10,13,16,19,25H,7-8,11-12,14H2,1H3/t19-/m1/s1. The van der Waals surface area contributed by atoms with Gasteiger partial charge < -0.3 is 14.9 Å². The number of likely N-dealkylation sites (tertiary alicyclic amines) is 1. The molecule has 0 radical (unpaired) electrons. The molecule has 2 aromatic rings. The van der Waals surface area contributed by atoms with Crippen LogP contribution < -0.4 is 4.90 Å². The Morgan fingerprint density at radius 3 is 2.64 bits per heavy atom. The van der Waals surface area contributed by atoms with E-state index in [1.54, 1.807) is 23.5 Å². The highest BCUT2D eigenvalue weighted by Crippen LogP contribution is 2.30. The van der Waals surface area contributed by atoms with Gasteiger partial charge in [-0.1, -0.05) is 30.3 Å². The van der Waals surface area contributed by atoms with Gasteiger partial charge in [0.1, 0.15) is 5.82 Å². The number of amides is 1. The van der Waals surface area contributed by atoms with Crippen LogP contribution in [0.15, 0.2) is 48.9 Å². The molecule has 0 unspecified atom stereocenters. The SMILES string of the molecule is CN(CC(=O)N1CCC([C@H](O)c2ccccc2)CC1)c1cnccn1. The van der Waals surface area contributed by atoms with E-state index in [4.69, 9.17) is 0 Å². The molecule has 1 aliphatic rings. The predicted molar refractivity (Wildman–Crippen MR) is 96.0 cm³/mol. The number of carbonyl (C=O) groups excluding carboxylic acids is 1. The Bertz CT molecular complexity index is 672. The van der Waals surface area contributed by atoms with Gasteiger partial charge in [0.2, 0.25) is 5.91 Å². The van der Waals surface area contributed by atoms with Gasteiger partial charge in [0, 0.05) is 32.5 Å². The van der Waals surface area contributed by atoms with E-state index in [9.17, 15) is 9.90 Å². The highest BCUT2D eigenvalue weighted by atomic mass is 16.3. The summed E-state index contributed by atoms with van der Waals surface area (Å²) in [6.45, 7) is 1.65. The number of rotatable bonds is 5. The number of hydrogen-bond donors (Lipinski definition) is 1. The molecule has 1 amide bonds. The van der Waals surface area contributed by atoms with Crippen molar-refractivity contribution in [3.63, 3.8) is 0 Å². The Morgan fingerprint density at radius 1 is 1.28 bits per heavy atom. The summed E-state index contributed by atoms with van der Waals surface area (Å²) in [6, 6.07) is 9.75. The number of carbonyl (C=O) groups is 1. The molecule has 1 atom stereocenters. The Kier molecular flexibility index (Phi) is 5.60. The molecule has 0 aliphatic carbocycles. The van der Waals surface area contributed by atoms with Crippen molar-refractivity contribution in [1.82, 2.24) is 14.9 Å². The number of aliphatic hydroxyl groups is 1. The van der Waals surface area contributed by atoms with E-state index in [-0.39, 0.29) is 18.4 Å². The van der Waals surface area contributed by atoms with Crippen molar-refractivity contribution in [3.8, 4) is 0 Å². The van der Waals surface area contributed by atoms with Crippen LogP contribution in [0, 0.1) is 5.92 Å². The molecular formula is C19H24N4O2. The molecule has 1 aromatic carbocycles. The first-order valence-corrected chi connectivity index (χ1v) is 8.63. The zero-order chi connectivity index (χ0) is 17.6. The largest absolute Gasteiger partial charge is 0.388 e. The molecule has 1 N–H and O–H groups in total. The van der Waals surface area contributed by atoms with Gasteiger partial charge in [0.15, 0.2) is 0 Å². The summed E-state index contributed by atoms with van der Waals surface area (Å²) in [7, 11) is 1.84. The van der Waals surface area contributed by atoms with Gasteiger partial charge in [-0.25, -0.2) is 4.98 Å². The van der Waals surface area contributed by atoms with Crippen LogP contribution in [0.3, 0.4) is 0 Å². The molecule has 6 heteroatoms. The molecule has 1 aliphatic heterocycles. The summed E-state index contributed by atoms with van der Waals surface area (Å²) < 4.78 is 0. The molecule has 25 heavy (non-hydrogen) atoms. The van der Waals surface area contributed by atoms with Crippen molar-refractivity contribution >= 4 is 11.7 Å². The van der Waals surface area contributed by atoms with Gasteiger partial charge >= 0.3 is 0 Å². The van der Waals surface area contributed by atoms with E-state index in [1.165, 1.54) is 0 Å². The zero-order valence-corrected chi connectivity index (χ0v) is 14.5. The number of hydrogen-bond acceptors (Lipinski definition) is 5. The summed E-state index contributed by atoms with van der Waals surface area (Å²) in [5.41, 5.74) is 0.953. The number of aliphatic hydroxyl groups excluding tert-OH is 1. The molecule has 0 bridgehead atoms. The van der Waals surface area contributed by atoms with Crippen LogP contribution in [0.2, 0.25) is 0 Å². The lowest BCUT2D eigenvalue weighted by atomic mass is 9.87. The molecule has 6 nitrogen and oxygen atoms in total. The van der Waals surface area contributed by atoms with Crippen LogP contribution >= 0.6 is 0 Å². The van der Waals surface area contributed by atoms with Gasteiger partial charge in [-0.05, 0) is 24.3 Å². The maximum atomic E-state index is 12.5. The lowest BCUT2D eigenvalue weighted by Gasteiger charge is -2.35. The van der Waals surface area contributed by atoms with Crippen molar-refractivity contribution in [2.24, 2.45) is 5.92 Å². The van der Waals surface area contributed by atoms with Gasteiger partial charge in [-0.15, -0.1) is 0 Å². The minimum atomic E-state index is -0.458. The van der Waals surface area contributed by atoms with Crippen LogP contribution in [0.5, 0.6) is 0 Å². The fourth-order valence-electron chi connectivity index (χ4n) is 3.26. The minimum absolute atomic E-state index is 0.0841. The number of nitrogens with zero attached hydrogens (tertiary/aromatic N) is 4. The van der Waals surface area contributed by atoms with Crippen LogP contribution in [0.4, 0.5) is 5.82 Å². The number of likely N-dealkylation sites (N-methyl/N-ethyl adjacent to an activating group) is 1. The second kappa shape index (κ2) is 8.07. The van der Waals surface area contributed by atoms with Crippen LogP contribution in [-0.2, 0) is 4.79 Å². The van der Waals surface area contributed by atoms with E-state index in [1.807, 2.05) is 42.3 Å². The van der Waals surface area contributed by atoms with Gasteiger partial charge in [-0.2, -0.15) is 0 Å². The molecule has 1 aromatic heterocycles. The molecular weight excluding hydrogens is 316 g/mol. The van der Waals surface area contributed by atoms with Crippen molar-refractivity contribution in [2.75, 3.05) is 31.6 Å². The minimum Gasteiger partial charge on any atom is -0.388 e. The fraction of sp³-hybridized carbons (Fsp3) is 0.421. The smallest absolute Gasteiger partial charge is 0.242 e. The zero-order valence-electron chi connectivity index (χ0n) is 14.5. The average Bonchev–Trinajstić information content (AvgIpc) is 2.69. The van der Waals surface area contributed by atoms with Gasteiger partial charge in [-0.3, -0.25) is 9.78 Å².